The monoisotopic (exact) mass is 352 g/mol. The van der Waals surface area contributed by atoms with Crippen LogP contribution in [-0.2, 0) is 14.3 Å². The highest BCUT2D eigenvalue weighted by Crippen LogP contribution is 2.34. The van der Waals surface area contributed by atoms with Gasteiger partial charge < -0.3 is 19.9 Å². The van der Waals surface area contributed by atoms with Gasteiger partial charge in [0.2, 0.25) is 5.91 Å². The van der Waals surface area contributed by atoms with Crippen molar-refractivity contribution in [1.29, 1.82) is 0 Å². The van der Waals surface area contributed by atoms with Gasteiger partial charge in [-0.3, -0.25) is 9.69 Å². The summed E-state index contributed by atoms with van der Waals surface area (Å²) in [5, 5.41) is 13.2. The Morgan fingerprint density at radius 1 is 1.08 bits per heavy atom. The lowest BCUT2D eigenvalue weighted by Crippen LogP contribution is -2.56. The number of carbonyl (C=O) groups excluding carboxylic acids is 1. The lowest BCUT2D eigenvalue weighted by atomic mass is 9.94. The number of nitrogens with zero attached hydrogens (tertiary/aromatic N) is 1. The zero-order valence-electron chi connectivity index (χ0n) is 15.1. The number of carbonyl (C=O) groups is 1. The summed E-state index contributed by atoms with van der Waals surface area (Å²) < 4.78 is 11.9. The van der Waals surface area contributed by atoms with E-state index in [2.05, 4.69) is 10.2 Å². The molecule has 0 radical (unpaired) electrons. The van der Waals surface area contributed by atoms with Crippen molar-refractivity contribution in [3.8, 4) is 0 Å². The summed E-state index contributed by atoms with van der Waals surface area (Å²) in [6, 6.07) is 0.307. The molecule has 142 valence electrons. The molecule has 6 nitrogen and oxygen atoms in total. The molecule has 1 amide bonds. The minimum absolute atomic E-state index is 0.00354. The molecule has 4 aliphatic rings. The summed E-state index contributed by atoms with van der Waals surface area (Å²) in [7, 11) is 0. The van der Waals surface area contributed by atoms with Crippen molar-refractivity contribution in [3.05, 3.63) is 0 Å². The second-order valence-electron chi connectivity index (χ2n) is 8.48. The fraction of sp³-hybridized carbons (Fsp3) is 0.947. The van der Waals surface area contributed by atoms with Gasteiger partial charge in [0.25, 0.3) is 0 Å². The Hall–Kier alpha value is -0.690. The molecule has 0 spiro atoms. The zero-order valence-corrected chi connectivity index (χ0v) is 15.1. The molecule has 2 saturated heterocycles. The molecule has 2 N–H and O–H groups in total. The molecule has 4 atom stereocenters. The lowest BCUT2D eigenvalue weighted by Gasteiger charge is -2.44. The Labute approximate surface area is 150 Å². The second-order valence-corrected chi connectivity index (χ2v) is 8.48. The number of fused-ring (bicyclic) bond motifs is 1. The van der Waals surface area contributed by atoms with Gasteiger partial charge in [-0.05, 0) is 50.4 Å². The molecular formula is C19H32N2O4. The van der Waals surface area contributed by atoms with E-state index in [1.54, 1.807) is 0 Å². The van der Waals surface area contributed by atoms with Crippen LogP contribution in [0.25, 0.3) is 0 Å². The Kier molecular flexibility index (Phi) is 5.60. The number of ether oxygens (including phenoxy) is 2. The molecular weight excluding hydrogens is 320 g/mol. The summed E-state index contributed by atoms with van der Waals surface area (Å²) in [5.41, 5.74) is 0. The van der Waals surface area contributed by atoms with Crippen LogP contribution in [0.2, 0.25) is 0 Å². The highest BCUT2D eigenvalue weighted by atomic mass is 16.5. The number of nitrogens with one attached hydrogen (secondary N) is 1. The maximum absolute atomic E-state index is 12.1. The van der Waals surface area contributed by atoms with Crippen molar-refractivity contribution in [2.45, 2.75) is 69.3 Å². The van der Waals surface area contributed by atoms with Crippen molar-refractivity contribution in [3.63, 3.8) is 0 Å². The number of rotatable bonds is 6. The first-order valence-corrected chi connectivity index (χ1v) is 10.1. The Balaban J connectivity index is 1.31. The standard InChI is InChI=1S/C19H32N2O4/c22-15-10-21(9-14-3-4-14)17-6-5-16(25-18(17)12-24-11-15)7-19(23)20-8-13-1-2-13/h13-18,22H,1-12H2,(H,20,23)/t15-,16+,17-,18+/m0/s1. The van der Waals surface area contributed by atoms with Crippen LogP contribution in [0.15, 0.2) is 0 Å². The van der Waals surface area contributed by atoms with E-state index in [1.807, 2.05) is 0 Å². The van der Waals surface area contributed by atoms with E-state index in [1.165, 1.54) is 25.7 Å². The molecule has 4 fully saturated rings. The minimum atomic E-state index is -0.411. The summed E-state index contributed by atoms with van der Waals surface area (Å²) in [4.78, 5) is 14.6. The van der Waals surface area contributed by atoms with Crippen LogP contribution in [0.4, 0.5) is 0 Å². The number of aliphatic hydroxyl groups is 1. The topological polar surface area (TPSA) is 71.0 Å². The number of β-amino-alcohol motifs (C(OH)–C–C–N with tert-alkyl or cyclic N) is 1. The average Bonchev–Trinajstić information content (AvgIpc) is 3.46. The third kappa shape index (κ3) is 5.16. The molecule has 4 rings (SSSR count). The molecule has 6 heteroatoms. The van der Waals surface area contributed by atoms with Gasteiger partial charge in [0, 0.05) is 25.7 Å². The van der Waals surface area contributed by atoms with E-state index in [4.69, 9.17) is 9.47 Å². The first-order valence-electron chi connectivity index (χ1n) is 10.1. The predicted molar refractivity (Wildman–Crippen MR) is 93.2 cm³/mol. The van der Waals surface area contributed by atoms with Gasteiger partial charge in [-0.15, -0.1) is 0 Å². The third-order valence-electron chi connectivity index (χ3n) is 5.97. The number of aliphatic hydroxyl groups excluding tert-OH is 1. The molecule has 2 heterocycles. The van der Waals surface area contributed by atoms with Crippen LogP contribution in [0.5, 0.6) is 0 Å². The van der Waals surface area contributed by atoms with Crippen molar-refractivity contribution >= 4 is 5.91 Å². The molecule has 0 aromatic carbocycles. The molecule has 0 unspecified atom stereocenters. The third-order valence-corrected chi connectivity index (χ3v) is 5.97. The van der Waals surface area contributed by atoms with Crippen LogP contribution < -0.4 is 5.32 Å². The highest BCUT2D eigenvalue weighted by molar-refractivity contribution is 5.76. The fourth-order valence-corrected chi connectivity index (χ4v) is 4.15. The van der Waals surface area contributed by atoms with Crippen LogP contribution >= 0.6 is 0 Å². The highest BCUT2D eigenvalue weighted by Gasteiger charge is 2.39. The average molecular weight is 352 g/mol. The largest absolute Gasteiger partial charge is 0.389 e. The molecule has 2 aliphatic heterocycles. The number of hydrogen-bond acceptors (Lipinski definition) is 5. The van der Waals surface area contributed by atoms with Crippen molar-refractivity contribution < 1.29 is 19.4 Å². The van der Waals surface area contributed by atoms with Crippen molar-refractivity contribution in [1.82, 2.24) is 10.2 Å². The number of amides is 1. The Bertz CT molecular complexity index is 466. The number of hydrogen-bond donors (Lipinski definition) is 2. The van der Waals surface area contributed by atoms with Gasteiger partial charge in [-0.1, -0.05) is 0 Å². The molecule has 0 aromatic heterocycles. The summed E-state index contributed by atoms with van der Waals surface area (Å²) >= 11 is 0. The molecule has 2 aliphatic carbocycles. The Morgan fingerprint density at radius 2 is 1.88 bits per heavy atom. The summed E-state index contributed by atoms with van der Waals surface area (Å²) in [6.45, 7) is 3.46. The second kappa shape index (κ2) is 7.91. The zero-order chi connectivity index (χ0) is 17.2. The van der Waals surface area contributed by atoms with Gasteiger partial charge in [0.1, 0.15) is 0 Å². The molecule has 2 saturated carbocycles. The lowest BCUT2D eigenvalue weighted by molar-refractivity contribution is -0.157. The van der Waals surface area contributed by atoms with Crippen LogP contribution in [-0.4, -0.2) is 73.1 Å². The van der Waals surface area contributed by atoms with Gasteiger partial charge in [-0.25, -0.2) is 0 Å². The van der Waals surface area contributed by atoms with Crippen LogP contribution in [0, 0.1) is 11.8 Å². The first kappa shape index (κ1) is 17.7. The van der Waals surface area contributed by atoms with E-state index in [9.17, 15) is 9.90 Å². The van der Waals surface area contributed by atoms with E-state index >= 15 is 0 Å². The normalized spacial score (nSPS) is 37.0. The van der Waals surface area contributed by atoms with E-state index in [0.29, 0.717) is 38.1 Å². The molecule has 0 bridgehead atoms. The Morgan fingerprint density at radius 3 is 2.64 bits per heavy atom. The van der Waals surface area contributed by atoms with Crippen LogP contribution in [0.1, 0.15) is 44.9 Å². The summed E-state index contributed by atoms with van der Waals surface area (Å²) in [6.07, 6.45) is 7.12. The van der Waals surface area contributed by atoms with Crippen molar-refractivity contribution in [2.24, 2.45) is 11.8 Å². The SMILES string of the molecule is O=C(C[C@H]1CC[C@H]2[C@@H](COC[C@@H](O)CN2CC2CC2)O1)NCC1CC1. The van der Waals surface area contributed by atoms with Gasteiger partial charge in [-0.2, -0.15) is 0 Å². The van der Waals surface area contributed by atoms with Crippen molar-refractivity contribution in [2.75, 3.05) is 32.8 Å². The van der Waals surface area contributed by atoms with Gasteiger partial charge in [0.05, 0.1) is 37.9 Å². The van der Waals surface area contributed by atoms with E-state index in [0.717, 1.165) is 31.8 Å². The fourth-order valence-electron chi connectivity index (χ4n) is 4.15. The van der Waals surface area contributed by atoms with E-state index < -0.39 is 6.10 Å². The van der Waals surface area contributed by atoms with Crippen LogP contribution in [0.3, 0.4) is 0 Å². The van der Waals surface area contributed by atoms with Gasteiger partial charge in [0.15, 0.2) is 0 Å². The maximum atomic E-state index is 12.1. The smallest absolute Gasteiger partial charge is 0.222 e. The quantitative estimate of drug-likeness (QED) is 0.744. The minimum Gasteiger partial charge on any atom is -0.389 e. The predicted octanol–water partition coefficient (Wildman–Crippen LogP) is 0.922. The van der Waals surface area contributed by atoms with Gasteiger partial charge >= 0.3 is 0 Å². The summed E-state index contributed by atoms with van der Waals surface area (Å²) in [5.74, 6) is 1.62. The van der Waals surface area contributed by atoms with E-state index in [-0.39, 0.29) is 18.1 Å². The molecule has 25 heavy (non-hydrogen) atoms. The molecule has 0 aromatic rings. The first-order chi connectivity index (χ1) is 12.2. The maximum Gasteiger partial charge on any atom is 0.222 e.